The van der Waals surface area contributed by atoms with Crippen LogP contribution in [0.1, 0.15) is 46.9 Å². The van der Waals surface area contributed by atoms with E-state index in [0.29, 0.717) is 48.0 Å². The Morgan fingerprint density at radius 2 is 2.14 bits per heavy atom. The molecule has 3 aromatic heterocycles. The van der Waals surface area contributed by atoms with Gasteiger partial charge in [-0.15, -0.1) is 0 Å². The summed E-state index contributed by atoms with van der Waals surface area (Å²) in [6.45, 7) is 4.80. The Kier molecular flexibility index (Phi) is 4.77. The fraction of sp³-hybridized carbons (Fsp3) is 0.350. The minimum absolute atomic E-state index is 0.0244. The highest BCUT2D eigenvalue weighted by molar-refractivity contribution is 5.96. The topological polar surface area (TPSA) is 105 Å². The van der Waals surface area contributed by atoms with Crippen molar-refractivity contribution in [3.63, 3.8) is 0 Å². The van der Waals surface area contributed by atoms with Crippen LogP contribution in [0.2, 0.25) is 0 Å². The van der Waals surface area contributed by atoms with Crippen LogP contribution in [0.25, 0.3) is 11.3 Å². The number of nitrogens with one attached hydrogen (secondary N) is 1. The number of nitrogens with zero attached hydrogens (tertiary/aromatic N) is 4. The van der Waals surface area contributed by atoms with Crippen LogP contribution in [-0.2, 0) is 6.42 Å². The Hall–Kier alpha value is -3.29. The van der Waals surface area contributed by atoms with Crippen molar-refractivity contribution >= 4 is 5.91 Å². The molecule has 1 amide bonds. The van der Waals surface area contributed by atoms with E-state index in [4.69, 9.17) is 4.52 Å². The van der Waals surface area contributed by atoms with Crippen LogP contribution in [0, 0.1) is 6.92 Å². The summed E-state index contributed by atoms with van der Waals surface area (Å²) < 4.78 is 5.25. The molecule has 0 radical (unpaired) electrons. The second-order valence-electron chi connectivity index (χ2n) is 6.91. The number of rotatable bonds is 4. The van der Waals surface area contributed by atoms with Crippen LogP contribution in [0.4, 0.5) is 0 Å². The van der Waals surface area contributed by atoms with E-state index in [9.17, 15) is 9.59 Å². The number of amides is 1. The minimum atomic E-state index is -0.204. The summed E-state index contributed by atoms with van der Waals surface area (Å²) in [7, 11) is 0. The van der Waals surface area contributed by atoms with Gasteiger partial charge in [-0.1, -0.05) is 12.1 Å². The molecular weight excluding hydrogens is 358 g/mol. The zero-order chi connectivity index (χ0) is 19.7. The molecule has 0 saturated carbocycles. The molecule has 1 N–H and O–H groups in total. The number of aromatic amines is 1. The highest BCUT2D eigenvalue weighted by Gasteiger charge is 2.32. The molecular formula is C20H21N5O3. The molecule has 1 unspecified atom stereocenters. The lowest BCUT2D eigenvalue weighted by Gasteiger charge is -2.16. The smallest absolute Gasteiger partial charge is 0.259 e. The summed E-state index contributed by atoms with van der Waals surface area (Å²) in [5.74, 6) is 1.11. The van der Waals surface area contributed by atoms with Crippen LogP contribution in [0.15, 0.2) is 39.9 Å². The van der Waals surface area contributed by atoms with E-state index in [0.717, 1.165) is 12.0 Å². The summed E-state index contributed by atoms with van der Waals surface area (Å²) in [6.07, 6.45) is 4.68. The van der Waals surface area contributed by atoms with Crippen LogP contribution in [0.5, 0.6) is 0 Å². The zero-order valence-corrected chi connectivity index (χ0v) is 15.8. The van der Waals surface area contributed by atoms with Gasteiger partial charge in [0.05, 0.1) is 11.4 Å². The third kappa shape index (κ3) is 3.33. The van der Waals surface area contributed by atoms with E-state index in [-0.39, 0.29) is 17.4 Å². The molecule has 1 saturated heterocycles. The van der Waals surface area contributed by atoms with Gasteiger partial charge in [-0.3, -0.25) is 14.6 Å². The fourth-order valence-electron chi connectivity index (χ4n) is 3.60. The number of hydrogen-bond donors (Lipinski definition) is 1. The molecule has 4 heterocycles. The van der Waals surface area contributed by atoms with Gasteiger partial charge in [-0.25, -0.2) is 4.98 Å². The summed E-state index contributed by atoms with van der Waals surface area (Å²) >= 11 is 0. The first-order chi connectivity index (χ1) is 13.6. The Morgan fingerprint density at radius 3 is 2.89 bits per heavy atom. The Balaban J connectivity index is 1.58. The van der Waals surface area contributed by atoms with Crippen LogP contribution in [0.3, 0.4) is 0 Å². The zero-order valence-electron chi connectivity index (χ0n) is 15.8. The number of aryl methyl sites for hydroxylation is 2. The number of hydrogen-bond acceptors (Lipinski definition) is 6. The first-order valence-corrected chi connectivity index (χ1v) is 9.33. The van der Waals surface area contributed by atoms with Gasteiger partial charge in [-0.05, 0) is 25.5 Å². The van der Waals surface area contributed by atoms with Crippen molar-refractivity contribution in [3.8, 4) is 11.3 Å². The maximum absolute atomic E-state index is 13.0. The normalized spacial score (nSPS) is 16.5. The number of carbonyl (C=O) groups excluding carboxylic acids is 1. The first-order valence-electron chi connectivity index (χ1n) is 9.33. The highest BCUT2D eigenvalue weighted by Crippen LogP contribution is 2.28. The molecule has 1 fully saturated rings. The van der Waals surface area contributed by atoms with Crippen LogP contribution < -0.4 is 5.56 Å². The summed E-state index contributed by atoms with van der Waals surface area (Å²) in [5.41, 5.74) is 2.39. The number of pyridine rings is 1. The van der Waals surface area contributed by atoms with E-state index in [1.54, 1.807) is 24.2 Å². The Morgan fingerprint density at radius 1 is 1.36 bits per heavy atom. The van der Waals surface area contributed by atoms with E-state index >= 15 is 0 Å². The maximum atomic E-state index is 13.0. The predicted octanol–water partition coefficient (Wildman–Crippen LogP) is 2.32. The SMILES string of the molecule is CCc1onc(C)c1C(=O)N1CCC(c2nc(-c3ccncc3)cc(=O)[nH]2)C1. The molecule has 0 aromatic carbocycles. The summed E-state index contributed by atoms with van der Waals surface area (Å²) in [5, 5.41) is 3.93. The molecule has 8 heteroatoms. The first kappa shape index (κ1) is 18.1. The third-order valence-corrected chi connectivity index (χ3v) is 5.07. The molecule has 3 aromatic rings. The van der Waals surface area contributed by atoms with E-state index in [1.807, 2.05) is 19.1 Å². The minimum Gasteiger partial charge on any atom is -0.360 e. The number of carbonyl (C=O) groups is 1. The largest absolute Gasteiger partial charge is 0.360 e. The van der Waals surface area contributed by atoms with Crippen molar-refractivity contribution in [3.05, 3.63) is 63.8 Å². The van der Waals surface area contributed by atoms with Gasteiger partial charge in [-0.2, -0.15) is 0 Å². The van der Waals surface area contributed by atoms with Crippen LogP contribution in [-0.4, -0.2) is 44.0 Å². The lowest BCUT2D eigenvalue weighted by Crippen LogP contribution is -2.29. The molecule has 0 spiro atoms. The highest BCUT2D eigenvalue weighted by atomic mass is 16.5. The van der Waals surface area contributed by atoms with Crippen molar-refractivity contribution < 1.29 is 9.32 Å². The van der Waals surface area contributed by atoms with E-state index in [2.05, 4.69) is 20.1 Å². The van der Waals surface area contributed by atoms with Crippen molar-refractivity contribution in [1.29, 1.82) is 0 Å². The quantitative estimate of drug-likeness (QED) is 0.746. The van der Waals surface area contributed by atoms with Crippen LogP contribution >= 0.6 is 0 Å². The van der Waals surface area contributed by atoms with Gasteiger partial charge in [0.15, 0.2) is 0 Å². The molecule has 8 nitrogen and oxygen atoms in total. The lowest BCUT2D eigenvalue weighted by atomic mass is 10.1. The Labute approximate surface area is 161 Å². The van der Waals surface area contributed by atoms with Gasteiger partial charge in [0.1, 0.15) is 17.1 Å². The van der Waals surface area contributed by atoms with E-state index < -0.39 is 0 Å². The summed E-state index contributed by atoms with van der Waals surface area (Å²) in [6, 6.07) is 5.11. The van der Waals surface area contributed by atoms with Crippen molar-refractivity contribution in [2.75, 3.05) is 13.1 Å². The second-order valence-corrected chi connectivity index (χ2v) is 6.91. The van der Waals surface area contributed by atoms with Gasteiger partial charge in [0.25, 0.3) is 11.5 Å². The molecule has 4 rings (SSSR count). The van der Waals surface area contributed by atoms with Gasteiger partial charge in [0.2, 0.25) is 0 Å². The molecule has 1 aliphatic heterocycles. The maximum Gasteiger partial charge on any atom is 0.259 e. The molecule has 1 atom stereocenters. The number of H-pyrrole nitrogens is 1. The molecule has 0 aliphatic carbocycles. The average molecular weight is 379 g/mol. The molecule has 1 aliphatic rings. The summed E-state index contributed by atoms with van der Waals surface area (Å²) in [4.78, 5) is 38.4. The third-order valence-electron chi connectivity index (χ3n) is 5.07. The monoisotopic (exact) mass is 379 g/mol. The van der Waals surface area contributed by atoms with Crippen molar-refractivity contribution in [2.24, 2.45) is 0 Å². The standard InChI is InChI=1S/C20H21N5O3/c1-3-16-18(12(2)24-28-16)20(27)25-9-6-14(11-25)19-22-15(10-17(26)23-19)13-4-7-21-8-5-13/h4-5,7-8,10,14H,3,6,9,11H2,1-2H3,(H,22,23,26). The van der Waals surface area contributed by atoms with E-state index in [1.165, 1.54) is 6.07 Å². The molecule has 0 bridgehead atoms. The lowest BCUT2D eigenvalue weighted by molar-refractivity contribution is 0.0787. The number of likely N-dealkylation sites (tertiary alicyclic amines) is 1. The molecule has 144 valence electrons. The van der Waals surface area contributed by atoms with Gasteiger partial charge in [0, 0.05) is 49.5 Å². The van der Waals surface area contributed by atoms with Crippen molar-refractivity contribution in [1.82, 2.24) is 25.0 Å². The van der Waals surface area contributed by atoms with Gasteiger partial charge >= 0.3 is 0 Å². The predicted molar refractivity (Wildman–Crippen MR) is 102 cm³/mol. The van der Waals surface area contributed by atoms with Gasteiger partial charge < -0.3 is 14.4 Å². The Bertz CT molecular complexity index is 1060. The second kappa shape index (κ2) is 7.38. The fourth-order valence-corrected chi connectivity index (χ4v) is 3.60. The van der Waals surface area contributed by atoms with Crippen molar-refractivity contribution in [2.45, 2.75) is 32.6 Å². The number of aromatic nitrogens is 4. The average Bonchev–Trinajstić information content (AvgIpc) is 3.34. The molecule has 28 heavy (non-hydrogen) atoms.